The molecule has 50 valence electrons. The molecule has 0 heterocycles. The highest BCUT2D eigenvalue weighted by atomic mass is 14.2. The van der Waals surface area contributed by atoms with E-state index >= 15 is 0 Å². The summed E-state index contributed by atoms with van der Waals surface area (Å²) in [5.74, 6) is 1.54. The van der Waals surface area contributed by atoms with Crippen molar-refractivity contribution in [2.75, 3.05) is 0 Å². The predicted molar refractivity (Wildman–Crippen MR) is 41.2 cm³/mol. The third-order valence-corrected chi connectivity index (χ3v) is 2.18. The summed E-state index contributed by atoms with van der Waals surface area (Å²) in [7, 11) is 0. The largest absolute Gasteiger partial charge is 0.103 e. The third-order valence-electron chi connectivity index (χ3n) is 2.18. The van der Waals surface area contributed by atoms with Gasteiger partial charge in [-0.05, 0) is 31.1 Å². The lowest BCUT2D eigenvalue weighted by Gasteiger charge is -1.99. The van der Waals surface area contributed by atoms with Gasteiger partial charge in [-0.1, -0.05) is 12.2 Å². The topological polar surface area (TPSA) is 0 Å². The van der Waals surface area contributed by atoms with Gasteiger partial charge in [0, 0.05) is 0 Å². The summed E-state index contributed by atoms with van der Waals surface area (Å²) >= 11 is 0. The molecule has 1 fully saturated rings. The molecule has 0 nitrogen and oxygen atoms in total. The minimum absolute atomic E-state index is 0.771. The number of hydrogen-bond acceptors (Lipinski definition) is 0. The van der Waals surface area contributed by atoms with Gasteiger partial charge in [0.05, 0.1) is 0 Å². The van der Waals surface area contributed by atoms with E-state index in [1.54, 1.807) is 0 Å². The van der Waals surface area contributed by atoms with Gasteiger partial charge in [-0.15, -0.1) is 13.2 Å². The zero-order chi connectivity index (χ0) is 6.69. The van der Waals surface area contributed by atoms with E-state index in [9.17, 15) is 0 Å². The average molecular weight is 122 g/mol. The summed E-state index contributed by atoms with van der Waals surface area (Å²) in [6.45, 7) is 7.55. The van der Waals surface area contributed by atoms with Gasteiger partial charge >= 0.3 is 0 Å². The lowest BCUT2D eigenvalue weighted by atomic mass is 10.1. The van der Waals surface area contributed by atoms with Crippen LogP contribution in [0.4, 0.5) is 0 Å². The van der Waals surface area contributed by atoms with Crippen LogP contribution in [0.1, 0.15) is 19.3 Å². The summed E-state index contributed by atoms with van der Waals surface area (Å²) in [6, 6.07) is 0. The van der Waals surface area contributed by atoms with Crippen LogP contribution in [0.15, 0.2) is 25.3 Å². The van der Waals surface area contributed by atoms with Crippen molar-refractivity contribution >= 4 is 0 Å². The van der Waals surface area contributed by atoms with Crippen molar-refractivity contribution in [3.63, 3.8) is 0 Å². The highest BCUT2D eigenvalue weighted by Gasteiger charge is 2.18. The first-order valence-electron chi connectivity index (χ1n) is 3.62. The van der Waals surface area contributed by atoms with E-state index < -0.39 is 0 Å². The first-order valence-corrected chi connectivity index (χ1v) is 3.62. The zero-order valence-corrected chi connectivity index (χ0v) is 5.84. The molecule has 1 aliphatic rings. The molecule has 0 N–H and O–H groups in total. The molecule has 0 radical (unpaired) electrons. The van der Waals surface area contributed by atoms with E-state index in [0.717, 1.165) is 11.8 Å². The summed E-state index contributed by atoms with van der Waals surface area (Å²) in [5, 5.41) is 0. The van der Waals surface area contributed by atoms with Gasteiger partial charge in [0.25, 0.3) is 0 Å². The van der Waals surface area contributed by atoms with Crippen molar-refractivity contribution in [2.45, 2.75) is 19.3 Å². The molecule has 9 heavy (non-hydrogen) atoms. The maximum Gasteiger partial charge on any atom is -0.0230 e. The van der Waals surface area contributed by atoms with Crippen LogP contribution in [0.25, 0.3) is 0 Å². The number of allylic oxidation sites excluding steroid dienone is 2. The van der Waals surface area contributed by atoms with Crippen molar-refractivity contribution in [3.05, 3.63) is 25.3 Å². The Morgan fingerprint density at radius 1 is 1.00 bits per heavy atom. The monoisotopic (exact) mass is 122 g/mol. The van der Waals surface area contributed by atoms with Crippen LogP contribution in [-0.4, -0.2) is 0 Å². The predicted octanol–water partition coefficient (Wildman–Crippen LogP) is 2.77. The maximum absolute atomic E-state index is 3.78. The molecule has 0 saturated heterocycles. The van der Waals surface area contributed by atoms with Crippen LogP contribution < -0.4 is 0 Å². The lowest BCUT2D eigenvalue weighted by Crippen LogP contribution is -1.88. The molecule has 0 bridgehead atoms. The zero-order valence-electron chi connectivity index (χ0n) is 5.84. The fourth-order valence-electron chi connectivity index (χ4n) is 1.48. The van der Waals surface area contributed by atoms with E-state index in [2.05, 4.69) is 25.3 Å². The molecule has 0 spiro atoms. The van der Waals surface area contributed by atoms with Gasteiger partial charge in [-0.3, -0.25) is 0 Å². The van der Waals surface area contributed by atoms with Crippen LogP contribution in [-0.2, 0) is 0 Å². The second kappa shape index (κ2) is 2.86. The minimum Gasteiger partial charge on any atom is -0.103 e. The quantitative estimate of drug-likeness (QED) is 0.494. The number of rotatable bonds is 2. The first kappa shape index (κ1) is 6.60. The maximum atomic E-state index is 3.78. The summed E-state index contributed by atoms with van der Waals surface area (Å²) in [5.41, 5.74) is 0. The van der Waals surface area contributed by atoms with E-state index in [1.165, 1.54) is 19.3 Å². The Balaban J connectivity index is 2.36. The molecule has 0 aromatic rings. The Hall–Kier alpha value is -0.520. The van der Waals surface area contributed by atoms with Crippen molar-refractivity contribution < 1.29 is 0 Å². The van der Waals surface area contributed by atoms with Gasteiger partial charge in [0.2, 0.25) is 0 Å². The SMILES string of the molecule is C=CC1CCC(C=C)C1. The third kappa shape index (κ3) is 1.44. The van der Waals surface area contributed by atoms with E-state index in [0.29, 0.717) is 0 Å². The van der Waals surface area contributed by atoms with Crippen molar-refractivity contribution in [1.82, 2.24) is 0 Å². The minimum atomic E-state index is 0.771. The van der Waals surface area contributed by atoms with Crippen LogP contribution in [0.5, 0.6) is 0 Å². The normalized spacial score (nSPS) is 34.2. The van der Waals surface area contributed by atoms with E-state index in [-0.39, 0.29) is 0 Å². The average Bonchev–Trinajstić information content (AvgIpc) is 2.34. The molecule has 1 rings (SSSR count). The van der Waals surface area contributed by atoms with Crippen LogP contribution in [0, 0.1) is 11.8 Å². The molecule has 2 unspecified atom stereocenters. The van der Waals surface area contributed by atoms with Gasteiger partial charge in [0.15, 0.2) is 0 Å². The van der Waals surface area contributed by atoms with Gasteiger partial charge in [-0.2, -0.15) is 0 Å². The molecular formula is C9H14. The Morgan fingerprint density at radius 3 is 1.67 bits per heavy atom. The molecule has 2 atom stereocenters. The van der Waals surface area contributed by atoms with Gasteiger partial charge in [0.1, 0.15) is 0 Å². The fourth-order valence-corrected chi connectivity index (χ4v) is 1.48. The van der Waals surface area contributed by atoms with Crippen LogP contribution in [0.3, 0.4) is 0 Å². The Kier molecular flexibility index (Phi) is 2.10. The van der Waals surface area contributed by atoms with E-state index in [4.69, 9.17) is 0 Å². The summed E-state index contributed by atoms with van der Waals surface area (Å²) in [6.07, 6.45) is 8.07. The molecule has 0 amide bonds. The first-order chi connectivity index (χ1) is 4.36. The van der Waals surface area contributed by atoms with Crippen molar-refractivity contribution in [1.29, 1.82) is 0 Å². The van der Waals surface area contributed by atoms with Gasteiger partial charge in [-0.25, -0.2) is 0 Å². The van der Waals surface area contributed by atoms with Crippen LogP contribution >= 0.6 is 0 Å². The van der Waals surface area contributed by atoms with Crippen LogP contribution in [0.2, 0.25) is 0 Å². The molecule has 1 saturated carbocycles. The standard InChI is InChI=1S/C9H14/c1-3-8-5-6-9(4-2)7-8/h3-4,8-9H,1-2,5-7H2. The Bertz CT molecular complexity index is 99.2. The van der Waals surface area contributed by atoms with E-state index in [1.807, 2.05) is 0 Å². The van der Waals surface area contributed by atoms with Gasteiger partial charge < -0.3 is 0 Å². The molecule has 0 aromatic carbocycles. The molecule has 0 aliphatic heterocycles. The summed E-state index contributed by atoms with van der Waals surface area (Å²) < 4.78 is 0. The van der Waals surface area contributed by atoms with Crippen molar-refractivity contribution in [3.8, 4) is 0 Å². The fraction of sp³-hybridized carbons (Fsp3) is 0.556. The molecule has 1 aliphatic carbocycles. The van der Waals surface area contributed by atoms with Crippen molar-refractivity contribution in [2.24, 2.45) is 11.8 Å². The summed E-state index contributed by atoms with van der Waals surface area (Å²) in [4.78, 5) is 0. The Labute approximate surface area is 57.3 Å². The highest BCUT2D eigenvalue weighted by Crippen LogP contribution is 2.31. The molecule has 0 aromatic heterocycles. The smallest absolute Gasteiger partial charge is 0.0230 e. The lowest BCUT2D eigenvalue weighted by molar-refractivity contribution is 0.641. The molecule has 0 heteroatoms. The number of hydrogen-bond donors (Lipinski definition) is 0. The Morgan fingerprint density at radius 2 is 1.44 bits per heavy atom. The highest BCUT2D eigenvalue weighted by molar-refractivity contribution is 4.92. The second-order valence-electron chi connectivity index (χ2n) is 2.80. The molecular weight excluding hydrogens is 108 g/mol. The second-order valence-corrected chi connectivity index (χ2v) is 2.80.